The monoisotopic (exact) mass is 901 g/mol. The maximum atomic E-state index is 13.1. The summed E-state index contributed by atoms with van der Waals surface area (Å²) in [6.07, 6.45) is 10.2. The molecule has 4 fully saturated rings. The van der Waals surface area contributed by atoms with E-state index in [1.165, 1.54) is 18.9 Å². The molecule has 5 N–H and O–H groups in total. The minimum absolute atomic E-state index is 0.0425. The molecule has 4 aromatic rings. The van der Waals surface area contributed by atoms with Crippen LogP contribution in [0.2, 0.25) is 0 Å². The highest BCUT2D eigenvalue weighted by Gasteiger charge is 2.42. The minimum Gasteiger partial charge on any atom is -0.477 e. The Balaban J connectivity index is 0.000000146. The lowest BCUT2D eigenvalue weighted by Crippen LogP contribution is -2.48. The molecule has 0 aromatic carbocycles. The molecule has 0 spiro atoms. The number of hydrogen-bond acceptors (Lipinski definition) is 11. The van der Waals surface area contributed by atoms with Gasteiger partial charge in [-0.3, -0.25) is 25.2 Å². The average Bonchev–Trinajstić information content (AvgIpc) is 4.10. The zero-order valence-electron chi connectivity index (χ0n) is 30.9. The highest BCUT2D eigenvalue weighted by atomic mass is 79.9. The Hall–Kier alpha value is -5.20. The topological polar surface area (TPSA) is 203 Å². The van der Waals surface area contributed by atoms with E-state index in [1.54, 1.807) is 58.6 Å². The summed E-state index contributed by atoms with van der Waals surface area (Å²) < 4.78 is 1.64. The van der Waals surface area contributed by atoms with Crippen molar-refractivity contribution in [3.05, 3.63) is 81.3 Å². The number of carbonyl (C=O) groups is 4. The molecule has 4 amide bonds. The molecule has 57 heavy (non-hydrogen) atoms. The van der Waals surface area contributed by atoms with Gasteiger partial charge >= 0.3 is 18.0 Å². The second kappa shape index (κ2) is 16.3. The van der Waals surface area contributed by atoms with Crippen molar-refractivity contribution >= 4 is 90.3 Å². The molecule has 2 atom stereocenters. The van der Waals surface area contributed by atoms with E-state index < -0.39 is 5.97 Å². The molecule has 2 aliphatic carbocycles. The van der Waals surface area contributed by atoms with Crippen molar-refractivity contribution in [1.82, 2.24) is 19.9 Å². The van der Waals surface area contributed by atoms with Gasteiger partial charge in [0.2, 0.25) is 0 Å². The number of amides is 4. The standard InChI is InChI=1S/C20H20BrN5O2.C16H14BrN5O3.C3H7N/c21-13-5-7-22-18(10-13)24-20(28)26-14-6-8-25(11-14)16-4-3-15(23-19(16)26)17(27)9-12-1-2-12;17-9-3-5-18-13(7-9)20-16(25)22-10-4-6-21(8-10)12-2-1-11(15(23)24)19-14(12)22;4-3-1-2-3/h3-5,7,10,12,14H,1-2,6,8-9,11H2,(H,22,24,28);1-3,5,7,10H,4,6,8H2,(H,23,24)(H,18,20,25);3H,1-2,4H2/t14-;10-;/m00./s1. The van der Waals surface area contributed by atoms with E-state index in [0.717, 1.165) is 65.6 Å². The molecular formula is C39H41Br2N11O5. The number of urea groups is 2. The van der Waals surface area contributed by atoms with Gasteiger partial charge in [0, 0.05) is 60.0 Å². The zero-order chi connectivity index (χ0) is 39.8. The summed E-state index contributed by atoms with van der Waals surface area (Å²) in [5.74, 6) is 1.28. The first-order valence-electron chi connectivity index (χ1n) is 19.0. The van der Waals surface area contributed by atoms with Crippen LogP contribution in [0.15, 0.2) is 69.9 Å². The summed E-state index contributed by atoms with van der Waals surface area (Å²) in [7, 11) is 0. The molecule has 18 heteroatoms. The van der Waals surface area contributed by atoms with Crippen molar-refractivity contribution in [2.75, 3.05) is 56.4 Å². The van der Waals surface area contributed by atoms with Gasteiger partial charge in [0.25, 0.3) is 0 Å². The average molecular weight is 904 g/mol. The molecule has 8 heterocycles. The predicted molar refractivity (Wildman–Crippen MR) is 222 cm³/mol. The Morgan fingerprint density at radius 1 is 0.702 bits per heavy atom. The van der Waals surface area contributed by atoms with Crippen LogP contribution >= 0.6 is 31.9 Å². The highest BCUT2D eigenvalue weighted by Crippen LogP contribution is 2.41. The number of carboxylic acids is 1. The maximum Gasteiger partial charge on any atom is 0.354 e. The minimum atomic E-state index is -1.12. The van der Waals surface area contributed by atoms with Crippen molar-refractivity contribution in [3.8, 4) is 0 Å². The van der Waals surface area contributed by atoms with Crippen molar-refractivity contribution in [3.63, 3.8) is 0 Å². The van der Waals surface area contributed by atoms with E-state index in [0.29, 0.717) is 53.9 Å². The fourth-order valence-electron chi connectivity index (χ4n) is 7.29. The molecule has 0 radical (unpaired) electrons. The van der Waals surface area contributed by atoms with Crippen LogP contribution in [0.4, 0.5) is 44.2 Å². The van der Waals surface area contributed by atoms with Gasteiger partial charge in [-0.15, -0.1) is 0 Å². The summed E-state index contributed by atoms with van der Waals surface area (Å²) in [5.41, 5.74) is 7.27. The van der Waals surface area contributed by atoms with Crippen molar-refractivity contribution in [2.24, 2.45) is 11.7 Å². The molecule has 16 nitrogen and oxygen atoms in total. The number of pyridine rings is 4. The number of aromatic nitrogens is 4. The molecule has 0 unspecified atom stereocenters. The van der Waals surface area contributed by atoms with E-state index in [1.807, 2.05) is 6.07 Å². The second-order valence-electron chi connectivity index (χ2n) is 14.9. The van der Waals surface area contributed by atoms with Crippen LogP contribution in [0, 0.1) is 5.92 Å². The molecule has 4 aliphatic heterocycles. The normalized spacial score (nSPS) is 19.6. The smallest absolute Gasteiger partial charge is 0.354 e. The number of carbonyl (C=O) groups excluding carboxylic acids is 3. The van der Waals surface area contributed by atoms with Crippen LogP contribution in [0.1, 0.15) is 65.9 Å². The lowest BCUT2D eigenvalue weighted by Gasteiger charge is -2.35. The second-order valence-corrected chi connectivity index (χ2v) is 16.7. The van der Waals surface area contributed by atoms with Crippen LogP contribution in [-0.2, 0) is 0 Å². The Morgan fingerprint density at radius 2 is 1.18 bits per heavy atom. The first-order chi connectivity index (χ1) is 27.5. The summed E-state index contributed by atoms with van der Waals surface area (Å²) in [5, 5.41) is 14.8. The SMILES string of the molecule is NC1CC1.O=C(CC1CC1)c1ccc2c(n1)N(C(=O)Nc1cc(Br)ccn1)[C@H]1CCN2C1.O=C(O)c1ccc2c(n1)N(C(=O)Nc1cc(Br)ccn1)[C@H]1CCN2C1. The molecule has 6 aliphatic rings. The van der Waals surface area contributed by atoms with Gasteiger partial charge in [-0.2, -0.15) is 0 Å². The van der Waals surface area contributed by atoms with Crippen molar-refractivity contribution in [1.29, 1.82) is 0 Å². The number of hydrogen-bond donors (Lipinski definition) is 4. The summed E-state index contributed by atoms with van der Waals surface area (Å²) >= 11 is 6.74. The largest absolute Gasteiger partial charge is 0.477 e. The van der Waals surface area contributed by atoms with E-state index in [2.05, 4.69) is 72.2 Å². The van der Waals surface area contributed by atoms with Gasteiger partial charge in [-0.1, -0.05) is 31.9 Å². The Bertz CT molecular complexity index is 2220. The summed E-state index contributed by atoms with van der Waals surface area (Å²) in [6.45, 7) is 3.18. The molecule has 4 aromatic heterocycles. The Kier molecular flexibility index (Phi) is 11.1. The van der Waals surface area contributed by atoms with Gasteiger partial charge in [0.15, 0.2) is 23.1 Å². The fraction of sp³-hybridized carbons (Fsp3) is 0.385. The summed E-state index contributed by atoms with van der Waals surface area (Å²) in [4.78, 5) is 74.6. The number of halogens is 2. The maximum absolute atomic E-state index is 13.1. The van der Waals surface area contributed by atoms with Crippen LogP contribution in [0.3, 0.4) is 0 Å². The third-order valence-corrected chi connectivity index (χ3v) is 11.5. The number of rotatable bonds is 6. The zero-order valence-corrected chi connectivity index (χ0v) is 34.0. The number of nitrogens with zero attached hydrogens (tertiary/aromatic N) is 8. The van der Waals surface area contributed by atoms with Crippen LogP contribution in [-0.4, -0.2) is 93.2 Å². The number of nitrogens with two attached hydrogens (primary N) is 1. The third-order valence-electron chi connectivity index (χ3n) is 10.6. The van der Waals surface area contributed by atoms with Crippen LogP contribution in [0.25, 0.3) is 0 Å². The first-order valence-corrected chi connectivity index (χ1v) is 20.6. The number of anilines is 6. The molecule has 4 bridgehead atoms. The van der Waals surface area contributed by atoms with Gasteiger partial charge in [-0.25, -0.2) is 34.3 Å². The first kappa shape index (κ1) is 38.7. The number of carboxylic acid groups (broad SMARTS) is 1. The molecule has 2 saturated carbocycles. The molecule has 10 rings (SSSR count). The number of aromatic carboxylic acids is 1. The number of ketones is 1. The van der Waals surface area contributed by atoms with E-state index >= 15 is 0 Å². The van der Waals surface area contributed by atoms with E-state index in [-0.39, 0.29) is 35.6 Å². The Morgan fingerprint density at radius 3 is 1.61 bits per heavy atom. The summed E-state index contributed by atoms with van der Waals surface area (Å²) in [6, 6.07) is 13.9. The lowest BCUT2D eigenvalue weighted by atomic mass is 10.1. The van der Waals surface area contributed by atoms with Gasteiger partial charge in [-0.05, 0) is 93.0 Å². The third kappa shape index (κ3) is 8.87. The number of fused-ring (bicyclic) bond motifs is 8. The fourth-order valence-corrected chi connectivity index (χ4v) is 7.96. The molecule has 2 saturated heterocycles. The van der Waals surface area contributed by atoms with Crippen LogP contribution < -0.4 is 36.0 Å². The lowest BCUT2D eigenvalue weighted by molar-refractivity contribution is 0.0690. The predicted octanol–water partition coefficient (Wildman–Crippen LogP) is 6.53. The quantitative estimate of drug-likeness (QED) is 0.153. The Labute approximate surface area is 345 Å². The highest BCUT2D eigenvalue weighted by molar-refractivity contribution is 9.10. The van der Waals surface area contributed by atoms with Crippen molar-refractivity contribution in [2.45, 2.75) is 63.1 Å². The number of nitrogens with one attached hydrogen (secondary N) is 2. The van der Waals surface area contributed by atoms with E-state index in [4.69, 9.17) is 5.73 Å². The van der Waals surface area contributed by atoms with Gasteiger partial charge in [0.05, 0.1) is 23.5 Å². The number of Topliss-reactive ketones (excluding diaryl/α,β-unsaturated/α-hetero) is 1. The van der Waals surface area contributed by atoms with E-state index in [9.17, 15) is 24.3 Å². The van der Waals surface area contributed by atoms with Crippen LogP contribution in [0.5, 0.6) is 0 Å². The van der Waals surface area contributed by atoms with Gasteiger partial charge < -0.3 is 20.6 Å². The molecule has 296 valence electrons. The molecular weight excluding hydrogens is 862 g/mol. The van der Waals surface area contributed by atoms with Gasteiger partial charge in [0.1, 0.15) is 17.3 Å². The van der Waals surface area contributed by atoms with Crippen molar-refractivity contribution < 1.29 is 24.3 Å².